The van der Waals surface area contributed by atoms with E-state index in [1.807, 2.05) is 19.1 Å². The number of ether oxygens (including phenoxy) is 1. The number of methoxy groups -OCH3 is 1. The molecule has 0 fully saturated rings. The van der Waals surface area contributed by atoms with Crippen LogP contribution >= 0.6 is 0 Å². The van der Waals surface area contributed by atoms with Crippen molar-refractivity contribution in [2.75, 3.05) is 7.11 Å². The van der Waals surface area contributed by atoms with Crippen LogP contribution in [0.1, 0.15) is 13.3 Å². The summed E-state index contributed by atoms with van der Waals surface area (Å²) in [5, 5.41) is 0. The topological polar surface area (TPSA) is 52.3 Å². The zero-order valence-electron chi connectivity index (χ0n) is 7.33. The van der Waals surface area contributed by atoms with Gasteiger partial charge in [-0.2, -0.15) is 0 Å². The van der Waals surface area contributed by atoms with Gasteiger partial charge < -0.3 is 10.5 Å². The first-order chi connectivity index (χ1) is 5.66. The van der Waals surface area contributed by atoms with E-state index in [0.29, 0.717) is 5.76 Å². The van der Waals surface area contributed by atoms with Gasteiger partial charge in [-0.25, -0.2) is 0 Å². The highest BCUT2D eigenvalue weighted by Crippen LogP contribution is 2.25. The molecule has 0 bridgehead atoms. The summed E-state index contributed by atoms with van der Waals surface area (Å²) in [6, 6.07) is 0. The summed E-state index contributed by atoms with van der Waals surface area (Å²) < 4.78 is 5.05. The average molecular weight is 167 g/mol. The van der Waals surface area contributed by atoms with Gasteiger partial charge in [-0.1, -0.05) is 11.6 Å². The standard InChI is InChI=1S/C9H13NO2/c1-6-4-3-5-7(12-2)8(6)9(10)11/h4-5,8H,3H2,1-2H3,(H2,10,11). The molecule has 0 heterocycles. The Morgan fingerprint density at radius 3 is 2.75 bits per heavy atom. The Hall–Kier alpha value is -1.25. The normalized spacial score (nSPS) is 22.7. The fourth-order valence-electron chi connectivity index (χ4n) is 1.39. The van der Waals surface area contributed by atoms with E-state index >= 15 is 0 Å². The largest absolute Gasteiger partial charge is 0.500 e. The van der Waals surface area contributed by atoms with Gasteiger partial charge in [-0.05, 0) is 19.4 Å². The van der Waals surface area contributed by atoms with Gasteiger partial charge in [0.25, 0.3) is 0 Å². The van der Waals surface area contributed by atoms with Crippen LogP contribution in [-0.2, 0) is 9.53 Å². The second kappa shape index (κ2) is 3.43. The third-order valence-corrected chi connectivity index (χ3v) is 2.02. The molecule has 12 heavy (non-hydrogen) atoms. The molecule has 66 valence electrons. The smallest absolute Gasteiger partial charge is 0.232 e. The summed E-state index contributed by atoms with van der Waals surface area (Å²) in [7, 11) is 1.56. The van der Waals surface area contributed by atoms with E-state index in [4.69, 9.17) is 10.5 Å². The van der Waals surface area contributed by atoms with Crippen LogP contribution < -0.4 is 5.73 Å². The van der Waals surface area contributed by atoms with Crippen molar-refractivity contribution in [1.29, 1.82) is 0 Å². The van der Waals surface area contributed by atoms with E-state index < -0.39 is 0 Å². The van der Waals surface area contributed by atoms with E-state index in [9.17, 15) is 4.79 Å². The molecule has 0 aliphatic heterocycles. The lowest BCUT2D eigenvalue weighted by atomic mass is 9.92. The third-order valence-electron chi connectivity index (χ3n) is 2.02. The Morgan fingerprint density at radius 1 is 1.67 bits per heavy atom. The Balaban J connectivity index is 2.89. The minimum absolute atomic E-state index is 0.350. The molecule has 2 N–H and O–H groups in total. The summed E-state index contributed by atoms with van der Waals surface area (Å²) in [6.07, 6.45) is 4.68. The number of primary amides is 1. The van der Waals surface area contributed by atoms with E-state index in [-0.39, 0.29) is 11.8 Å². The van der Waals surface area contributed by atoms with Crippen LogP contribution in [0.25, 0.3) is 0 Å². The molecular weight excluding hydrogens is 154 g/mol. The molecule has 0 aromatic heterocycles. The number of carbonyl (C=O) groups excluding carboxylic acids is 1. The maximum atomic E-state index is 11.0. The van der Waals surface area contributed by atoms with Crippen molar-refractivity contribution < 1.29 is 9.53 Å². The van der Waals surface area contributed by atoms with Gasteiger partial charge in [0.2, 0.25) is 5.91 Å². The molecule has 0 saturated carbocycles. The lowest BCUT2D eigenvalue weighted by Crippen LogP contribution is -2.27. The van der Waals surface area contributed by atoms with Crippen LogP contribution in [0.15, 0.2) is 23.5 Å². The Morgan fingerprint density at radius 2 is 2.33 bits per heavy atom. The van der Waals surface area contributed by atoms with Gasteiger partial charge >= 0.3 is 0 Å². The SMILES string of the molecule is COC1=CCC=C(C)C1C(N)=O. The predicted octanol–water partition coefficient (Wildman–Crippen LogP) is 0.968. The highest BCUT2D eigenvalue weighted by molar-refractivity contribution is 5.82. The molecule has 0 spiro atoms. The summed E-state index contributed by atoms with van der Waals surface area (Å²) in [5.41, 5.74) is 6.20. The number of rotatable bonds is 2. The second-order valence-corrected chi connectivity index (χ2v) is 2.83. The van der Waals surface area contributed by atoms with Crippen LogP contribution in [0.5, 0.6) is 0 Å². The van der Waals surface area contributed by atoms with E-state index in [2.05, 4.69) is 0 Å². The number of allylic oxidation sites excluding steroid dienone is 2. The second-order valence-electron chi connectivity index (χ2n) is 2.83. The van der Waals surface area contributed by atoms with Crippen molar-refractivity contribution in [1.82, 2.24) is 0 Å². The fourth-order valence-corrected chi connectivity index (χ4v) is 1.39. The Bertz CT molecular complexity index is 253. The van der Waals surface area contributed by atoms with Gasteiger partial charge in [-0.15, -0.1) is 0 Å². The number of hydrogen-bond acceptors (Lipinski definition) is 2. The lowest BCUT2D eigenvalue weighted by molar-refractivity contribution is -0.120. The molecule has 0 aromatic carbocycles. The van der Waals surface area contributed by atoms with Crippen molar-refractivity contribution in [3.63, 3.8) is 0 Å². The first-order valence-corrected chi connectivity index (χ1v) is 3.87. The molecule has 3 heteroatoms. The minimum Gasteiger partial charge on any atom is -0.500 e. The summed E-state index contributed by atoms with van der Waals surface area (Å²) in [6.45, 7) is 1.89. The van der Waals surface area contributed by atoms with E-state index in [0.717, 1.165) is 12.0 Å². The van der Waals surface area contributed by atoms with Crippen LogP contribution in [0.3, 0.4) is 0 Å². The molecule has 1 rings (SSSR count). The van der Waals surface area contributed by atoms with Crippen LogP contribution in [0.2, 0.25) is 0 Å². The summed E-state index contributed by atoms with van der Waals surface area (Å²) in [4.78, 5) is 11.0. The monoisotopic (exact) mass is 167 g/mol. The van der Waals surface area contributed by atoms with Gasteiger partial charge in [-0.3, -0.25) is 4.79 Å². The van der Waals surface area contributed by atoms with Crippen LogP contribution in [0, 0.1) is 5.92 Å². The highest BCUT2D eigenvalue weighted by Gasteiger charge is 2.24. The van der Waals surface area contributed by atoms with Crippen molar-refractivity contribution in [2.45, 2.75) is 13.3 Å². The fraction of sp³-hybridized carbons (Fsp3) is 0.444. The van der Waals surface area contributed by atoms with E-state index in [1.165, 1.54) is 0 Å². The maximum absolute atomic E-state index is 11.0. The number of nitrogens with two attached hydrogens (primary N) is 1. The molecule has 1 aliphatic rings. The zero-order chi connectivity index (χ0) is 9.14. The predicted molar refractivity (Wildman–Crippen MR) is 46.2 cm³/mol. The van der Waals surface area contributed by atoms with Gasteiger partial charge in [0.1, 0.15) is 11.7 Å². The molecule has 1 unspecified atom stereocenters. The molecule has 3 nitrogen and oxygen atoms in total. The third kappa shape index (κ3) is 1.49. The summed E-state index contributed by atoms with van der Waals surface area (Å²) >= 11 is 0. The maximum Gasteiger partial charge on any atom is 0.232 e. The minimum atomic E-state index is -0.358. The zero-order valence-corrected chi connectivity index (χ0v) is 7.33. The van der Waals surface area contributed by atoms with Gasteiger partial charge in [0.15, 0.2) is 0 Å². The lowest BCUT2D eigenvalue weighted by Gasteiger charge is -2.20. The number of carbonyl (C=O) groups is 1. The average Bonchev–Trinajstić information content (AvgIpc) is 2.03. The first kappa shape index (κ1) is 8.84. The van der Waals surface area contributed by atoms with Crippen molar-refractivity contribution in [2.24, 2.45) is 11.7 Å². The van der Waals surface area contributed by atoms with Crippen molar-refractivity contribution in [3.05, 3.63) is 23.5 Å². The van der Waals surface area contributed by atoms with Crippen molar-refractivity contribution in [3.8, 4) is 0 Å². The first-order valence-electron chi connectivity index (χ1n) is 3.87. The molecule has 0 radical (unpaired) electrons. The molecular formula is C9H13NO2. The molecule has 1 amide bonds. The van der Waals surface area contributed by atoms with Gasteiger partial charge in [0, 0.05) is 0 Å². The Kier molecular flexibility index (Phi) is 2.53. The molecule has 1 atom stereocenters. The number of amides is 1. The highest BCUT2D eigenvalue weighted by atomic mass is 16.5. The quantitative estimate of drug-likeness (QED) is 0.623. The van der Waals surface area contributed by atoms with Crippen molar-refractivity contribution >= 4 is 5.91 Å². The Labute approximate surface area is 71.9 Å². The molecule has 1 aliphatic carbocycles. The molecule has 0 saturated heterocycles. The van der Waals surface area contributed by atoms with E-state index in [1.54, 1.807) is 7.11 Å². The number of hydrogen-bond donors (Lipinski definition) is 1. The van der Waals surface area contributed by atoms with Crippen LogP contribution in [-0.4, -0.2) is 13.0 Å². The van der Waals surface area contributed by atoms with Gasteiger partial charge in [0.05, 0.1) is 7.11 Å². The summed E-state index contributed by atoms with van der Waals surface area (Å²) in [5.74, 6) is -0.0391. The molecule has 0 aromatic rings. The van der Waals surface area contributed by atoms with Crippen LogP contribution in [0.4, 0.5) is 0 Å².